The van der Waals surface area contributed by atoms with E-state index in [4.69, 9.17) is 4.74 Å². The highest BCUT2D eigenvalue weighted by atomic mass is 19.4. The van der Waals surface area contributed by atoms with Crippen molar-refractivity contribution < 1.29 is 27.4 Å². The van der Waals surface area contributed by atoms with Crippen LogP contribution in [-0.4, -0.2) is 24.2 Å². The number of nitrogens with zero attached hydrogens (tertiary/aromatic N) is 1. The van der Waals surface area contributed by atoms with Crippen LogP contribution in [0.3, 0.4) is 0 Å². The van der Waals surface area contributed by atoms with Gasteiger partial charge < -0.3 is 9.47 Å². The standard InChI is InChI=1S/C14H10F3NO3/c1-20-11-4-2-3-10(13(11)21-14(15,16)17)12(19)9-5-7-18-8-6-9/h2-8H,1H3. The molecule has 0 amide bonds. The van der Waals surface area contributed by atoms with E-state index in [0.29, 0.717) is 0 Å². The molecule has 0 fully saturated rings. The van der Waals surface area contributed by atoms with Gasteiger partial charge >= 0.3 is 6.36 Å². The van der Waals surface area contributed by atoms with Crippen LogP contribution in [0.4, 0.5) is 13.2 Å². The molecular weight excluding hydrogens is 287 g/mol. The molecule has 4 nitrogen and oxygen atoms in total. The van der Waals surface area contributed by atoms with Gasteiger partial charge in [-0.3, -0.25) is 9.78 Å². The number of ether oxygens (including phenoxy) is 2. The number of alkyl halides is 3. The average Bonchev–Trinajstić information content (AvgIpc) is 2.46. The van der Waals surface area contributed by atoms with Gasteiger partial charge in [0.1, 0.15) is 0 Å². The number of benzene rings is 1. The molecule has 110 valence electrons. The fourth-order valence-corrected chi connectivity index (χ4v) is 1.74. The molecule has 1 aromatic carbocycles. The Morgan fingerprint density at radius 1 is 1.14 bits per heavy atom. The monoisotopic (exact) mass is 297 g/mol. The molecule has 1 aromatic heterocycles. The van der Waals surface area contributed by atoms with E-state index in [2.05, 4.69) is 9.72 Å². The molecule has 21 heavy (non-hydrogen) atoms. The second-order valence-electron chi connectivity index (χ2n) is 3.95. The number of carbonyl (C=O) groups is 1. The highest BCUT2D eigenvalue weighted by Crippen LogP contribution is 2.36. The molecule has 2 rings (SSSR count). The first-order valence-corrected chi connectivity index (χ1v) is 5.80. The molecular formula is C14H10F3NO3. The van der Waals surface area contributed by atoms with Crippen LogP contribution in [0, 0.1) is 0 Å². The molecule has 0 N–H and O–H groups in total. The van der Waals surface area contributed by atoms with Crippen LogP contribution in [-0.2, 0) is 0 Å². The minimum Gasteiger partial charge on any atom is -0.493 e. The van der Waals surface area contributed by atoms with Crippen LogP contribution in [0.1, 0.15) is 15.9 Å². The van der Waals surface area contributed by atoms with Crippen molar-refractivity contribution >= 4 is 5.78 Å². The van der Waals surface area contributed by atoms with E-state index in [1.807, 2.05) is 0 Å². The van der Waals surface area contributed by atoms with Crippen molar-refractivity contribution in [3.63, 3.8) is 0 Å². The Kier molecular flexibility index (Phi) is 4.11. The summed E-state index contributed by atoms with van der Waals surface area (Å²) in [5, 5.41) is 0. The van der Waals surface area contributed by atoms with Gasteiger partial charge in [0, 0.05) is 18.0 Å². The highest BCUT2D eigenvalue weighted by Gasteiger charge is 2.34. The fraction of sp³-hybridized carbons (Fsp3) is 0.143. The number of para-hydroxylation sites is 1. The predicted octanol–water partition coefficient (Wildman–Crippen LogP) is 3.22. The third-order valence-electron chi connectivity index (χ3n) is 2.60. The maximum atomic E-state index is 12.5. The van der Waals surface area contributed by atoms with E-state index in [-0.39, 0.29) is 16.9 Å². The number of carbonyl (C=O) groups excluding carboxylic acids is 1. The zero-order chi connectivity index (χ0) is 15.5. The van der Waals surface area contributed by atoms with Gasteiger partial charge in [0.2, 0.25) is 0 Å². The molecule has 0 saturated heterocycles. The molecule has 0 bridgehead atoms. The number of halogens is 3. The van der Waals surface area contributed by atoms with Crippen molar-refractivity contribution in [3.8, 4) is 11.5 Å². The second-order valence-corrected chi connectivity index (χ2v) is 3.95. The molecule has 0 atom stereocenters. The quantitative estimate of drug-likeness (QED) is 0.813. The van der Waals surface area contributed by atoms with E-state index in [1.54, 1.807) is 0 Å². The normalized spacial score (nSPS) is 11.0. The molecule has 0 radical (unpaired) electrons. The lowest BCUT2D eigenvalue weighted by atomic mass is 10.0. The van der Waals surface area contributed by atoms with Crippen LogP contribution >= 0.6 is 0 Å². The van der Waals surface area contributed by atoms with Gasteiger partial charge in [-0.05, 0) is 24.3 Å². The summed E-state index contributed by atoms with van der Waals surface area (Å²) in [4.78, 5) is 16.0. The molecule has 0 aliphatic heterocycles. The molecule has 0 aliphatic carbocycles. The van der Waals surface area contributed by atoms with E-state index in [9.17, 15) is 18.0 Å². The molecule has 0 unspecified atom stereocenters. The lowest BCUT2D eigenvalue weighted by Gasteiger charge is -2.15. The molecule has 1 heterocycles. The van der Waals surface area contributed by atoms with E-state index < -0.39 is 17.9 Å². The number of methoxy groups -OCH3 is 1. The van der Waals surface area contributed by atoms with Gasteiger partial charge in [-0.15, -0.1) is 13.2 Å². The van der Waals surface area contributed by atoms with E-state index in [0.717, 1.165) is 0 Å². The molecule has 2 aromatic rings. The van der Waals surface area contributed by atoms with Crippen LogP contribution in [0.5, 0.6) is 11.5 Å². The van der Waals surface area contributed by atoms with Gasteiger partial charge in [-0.2, -0.15) is 0 Å². The Hall–Kier alpha value is -2.57. The Balaban J connectivity index is 2.50. The first kappa shape index (κ1) is 14.8. The lowest BCUT2D eigenvalue weighted by Crippen LogP contribution is -2.20. The van der Waals surface area contributed by atoms with Crippen molar-refractivity contribution in [2.24, 2.45) is 0 Å². The number of aromatic nitrogens is 1. The summed E-state index contributed by atoms with van der Waals surface area (Å²) >= 11 is 0. The molecule has 0 spiro atoms. The summed E-state index contributed by atoms with van der Waals surface area (Å²) in [5.74, 6) is -1.45. The largest absolute Gasteiger partial charge is 0.573 e. The maximum absolute atomic E-state index is 12.5. The Morgan fingerprint density at radius 3 is 2.38 bits per heavy atom. The van der Waals surface area contributed by atoms with Crippen LogP contribution in [0.25, 0.3) is 0 Å². The first-order valence-electron chi connectivity index (χ1n) is 5.80. The molecule has 0 aliphatic rings. The number of pyridine rings is 1. The SMILES string of the molecule is COc1cccc(C(=O)c2ccncc2)c1OC(F)(F)F. The molecule has 7 heteroatoms. The minimum absolute atomic E-state index is 0.174. The van der Waals surface area contributed by atoms with Crippen molar-refractivity contribution in [3.05, 3.63) is 53.9 Å². The van der Waals surface area contributed by atoms with Crippen LogP contribution < -0.4 is 9.47 Å². The summed E-state index contributed by atoms with van der Waals surface area (Å²) in [7, 11) is 1.19. The Labute approximate surface area is 118 Å². The highest BCUT2D eigenvalue weighted by molar-refractivity contribution is 6.11. The second kappa shape index (κ2) is 5.82. The number of ketones is 1. The van der Waals surface area contributed by atoms with Gasteiger partial charge in [-0.25, -0.2) is 0 Å². The smallest absolute Gasteiger partial charge is 0.493 e. The third-order valence-corrected chi connectivity index (χ3v) is 2.60. The summed E-state index contributed by atoms with van der Waals surface area (Å²) in [5.41, 5.74) is -0.0387. The zero-order valence-corrected chi connectivity index (χ0v) is 10.8. The fourth-order valence-electron chi connectivity index (χ4n) is 1.74. The Bertz CT molecular complexity index is 642. The zero-order valence-electron chi connectivity index (χ0n) is 10.8. The van der Waals surface area contributed by atoms with E-state index in [1.165, 1.54) is 49.8 Å². The molecule has 0 saturated carbocycles. The Morgan fingerprint density at radius 2 is 1.81 bits per heavy atom. The third kappa shape index (κ3) is 3.50. The summed E-state index contributed by atoms with van der Waals surface area (Å²) in [6, 6.07) is 6.74. The first-order chi connectivity index (χ1) is 9.92. The van der Waals surface area contributed by atoms with Crippen molar-refractivity contribution in [1.82, 2.24) is 4.98 Å². The van der Waals surface area contributed by atoms with Gasteiger partial charge in [0.25, 0.3) is 0 Å². The summed E-state index contributed by atoms with van der Waals surface area (Å²) < 4.78 is 46.3. The predicted molar refractivity (Wildman–Crippen MR) is 67.3 cm³/mol. The number of hydrogen-bond donors (Lipinski definition) is 0. The number of hydrogen-bond acceptors (Lipinski definition) is 4. The minimum atomic E-state index is -4.93. The van der Waals surface area contributed by atoms with Crippen LogP contribution in [0.2, 0.25) is 0 Å². The topological polar surface area (TPSA) is 48.4 Å². The van der Waals surface area contributed by atoms with Gasteiger partial charge in [0.15, 0.2) is 17.3 Å². The number of rotatable bonds is 4. The van der Waals surface area contributed by atoms with Crippen molar-refractivity contribution in [1.29, 1.82) is 0 Å². The maximum Gasteiger partial charge on any atom is 0.573 e. The lowest BCUT2D eigenvalue weighted by molar-refractivity contribution is -0.275. The van der Waals surface area contributed by atoms with Crippen LogP contribution in [0.15, 0.2) is 42.7 Å². The summed E-state index contributed by atoms with van der Waals surface area (Å²) in [6.07, 6.45) is -2.18. The summed E-state index contributed by atoms with van der Waals surface area (Å²) in [6.45, 7) is 0. The van der Waals surface area contributed by atoms with Gasteiger partial charge in [-0.1, -0.05) is 6.07 Å². The van der Waals surface area contributed by atoms with Gasteiger partial charge in [0.05, 0.1) is 12.7 Å². The van der Waals surface area contributed by atoms with E-state index >= 15 is 0 Å². The van der Waals surface area contributed by atoms with Crippen molar-refractivity contribution in [2.45, 2.75) is 6.36 Å². The van der Waals surface area contributed by atoms with Crippen molar-refractivity contribution in [2.75, 3.05) is 7.11 Å². The average molecular weight is 297 g/mol.